The summed E-state index contributed by atoms with van der Waals surface area (Å²) in [6.45, 7) is 4.78. The number of rotatable bonds is 7. The maximum Gasteiger partial charge on any atom is 0.274 e. The fourth-order valence-electron chi connectivity index (χ4n) is 3.35. The fourth-order valence-corrected chi connectivity index (χ4v) is 3.35. The van der Waals surface area contributed by atoms with Crippen LogP contribution in [0.15, 0.2) is 47.3 Å². The molecule has 0 aliphatic carbocycles. The second kappa shape index (κ2) is 8.98. The number of nitrogens with zero attached hydrogens (tertiary/aromatic N) is 3. The van der Waals surface area contributed by atoms with Gasteiger partial charge < -0.3 is 14.4 Å². The number of hydrogen-bond donors (Lipinski definition) is 0. The highest BCUT2D eigenvalue weighted by atomic mass is 16.5. The van der Waals surface area contributed by atoms with Gasteiger partial charge in [0.1, 0.15) is 11.5 Å². The topological polar surface area (TPSA) is 73.7 Å². The molecule has 30 heavy (non-hydrogen) atoms. The Labute approximate surface area is 175 Å². The zero-order chi connectivity index (χ0) is 21.8. The van der Waals surface area contributed by atoms with Crippen LogP contribution in [0.3, 0.4) is 0 Å². The first kappa shape index (κ1) is 21.4. The number of ether oxygens (including phenoxy) is 2. The van der Waals surface area contributed by atoms with Gasteiger partial charge in [-0.2, -0.15) is 5.10 Å². The minimum atomic E-state index is -0.262. The van der Waals surface area contributed by atoms with Crippen LogP contribution in [0.5, 0.6) is 11.5 Å². The van der Waals surface area contributed by atoms with E-state index in [-0.39, 0.29) is 23.1 Å². The Morgan fingerprint density at radius 2 is 1.80 bits per heavy atom. The van der Waals surface area contributed by atoms with E-state index in [4.69, 9.17) is 9.47 Å². The van der Waals surface area contributed by atoms with Gasteiger partial charge in [-0.3, -0.25) is 9.59 Å². The molecular weight excluding hydrogens is 382 g/mol. The van der Waals surface area contributed by atoms with E-state index in [1.807, 2.05) is 26.0 Å². The number of benzene rings is 2. The Balaban J connectivity index is 2.00. The van der Waals surface area contributed by atoms with Crippen molar-refractivity contribution in [2.24, 2.45) is 5.92 Å². The molecule has 0 aliphatic heterocycles. The van der Waals surface area contributed by atoms with E-state index in [0.29, 0.717) is 35.4 Å². The third kappa shape index (κ3) is 4.30. The molecule has 0 radical (unpaired) electrons. The molecule has 1 aromatic heterocycles. The summed E-state index contributed by atoms with van der Waals surface area (Å²) in [5.74, 6) is 1.27. The average molecular weight is 409 g/mol. The van der Waals surface area contributed by atoms with E-state index in [2.05, 4.69) is 5.10 Å². The van der Waals surface area contributed by atoms with Crippen molar-refractivity contribution >= 4 is 16.7 Å². The van der Waals surface area contributed by atoms with Crippen LogP contribution < -0.4 is 15.0 Å². The van der Waals surface area contributed by atoms with Crippen LogP contribution in [0.2, 0.25) is 0 Å². The van der Waals surface area contributed by atoms with Gasteiger partial charge in [0.2, 0.25) is 0 Å². The summed E-state index contributed by atoms with van der Waals surface area (Å²) < 4.78 is 12.1. The Hall–Kier alpha value is -3.35. The van der Waals surface area contributed by atoms with Gasteiger partial charge in [-0.15, -0.1) is 0 Å². The molecule has 2 aromatic carbocycles. The largest absolute Gasteiger partial charge is 0.497 e. The maximum absolute atomic E-state index is 13.3. The van der Waals surface area contributed by atoms with Crippen molar-refractivity contribution in [3.63, 3.8) is 0 Å². The molecule has 0 bridgehead atoms. The molecule has 158 valence electrons. The Kier molecular flexibility index (Phi) is 6.40. The number of methoxy groups -OCH3 is 2. The first-order chi connectivity index (χ1) is 14.3. The highest BCUT2D eigenvalue weighted by molar-refractivity contribution is 6.04. The third-order valence-corrected chi connectivity index (χ3v) is 4.86. The minimum absolute atomic E-state index is 0.185. The standard InChI is InChI=1S/C23H27N3O4/c1-15(2)13-26-22(27)19-9-7-6-8-18(19)21(24-26)23(28)25(3)14-16-10-11-17(29-4)12-20(16)30-5/h6-12,15H,13-14H2,1-5H3. The van der Waals surface area contributed by atoms with Crippen molar-refractivity contribution < 1.29 is 14.3 Å². The first-order valence-electron chi connectivity index (χ1n) is 9.82. The van der Waals surface area contributed by atoms with Gasteiger partial charge in [-0.05, 0) is 24.1 Å². The summed E-state index contributed by atoms with van der Waals surface area (Å²) in [6.07, 6.45) is 0. The van der Waals surface area contributed by atoms with Crippen LogP contribution in [0, 0.1) is 5.92 Å². The Morgan fingerprint density at radius 1 is 1.10 bits per heavy atom. The van der Waals surface area contributed by atoms with Crippen LogP contribution in [-0.2, 0) is 13.1 Å². The summed E-state index contributed by atoms with van der Waals surface area (Å²) >= 11 is 0. The second-order valence-corrected chi connectivity index (χ2v) is 7.61. The molecule has 3 aromatic rings. The first-order valence-corrected chi connectivity index (χ1v) is 9.82. The smallest absolute Gasteiger partial charge is 0.274 e. The van der Waals surface area contributed by atoms with E-state index in [1.165, 1.54) is 4.68 Å². The summed E-state index contributed by atoms with van der Waals surface area (Å²) in [5, 5.41) is 5.48. The van der Waals surface area contributed by atoms with Gasteiger partial charge in [0.05, 0.1) is 19.6 Å². The van der Waals surface area contributed by atoms with Gasteiger partial charge in [0, 0.05) is 37.2 Å². The van der Waals surface area contributed by atoms with Crippen LogP contribution in [0.25, 0.3) is 10.8 Å². The molecule has 0 atom stereocenters. The second-order valence-electron chi connectivity index (χ2n) is 7.61. The van der Waals surface area contributed by atoms with E-state index in [1.54, 1.807) is 56.5 Å². The number of fused-ring (bicyclic) bond motifs is 1. The van der Waals surface area contributed by atoms with Gasteiger partial charge in [-0.25, -0.2) is 4.68 Å². The highest BCUT2D eigenvalue weighted by Gasteiger charge is 2.21. The van der Waals surface area contributed by atoms with E-state index in [9.17, 15) is 9.59 Å². The van der Waals surface area contributed by atoms with E-state index in [0.717, 1.165) is 5.56 Å². The monoisotopic (exact) mass is 409 g/mol. The van der Waals surface area contributed by atoms with Gasteiger partial charge in [-0.1, -0.05) is 32.0 Å². The van der Waals surface area contributed by atoms with E-state index < -0.39 is 0 Å². The molecule has 0 spiro atoms. The minimum Gasteiger partial charge on any atom is -0.497 e. The lowest BCUT2D eigenvalue weighted by Gasteiger charge is -2.20. The Bertz CT molecular complexity index is 1120. The van der Waals surface area contributed by atoms with Crippen LogP contribution in [-0.4, -0.2) is 41.9 Å². The van der Waals surface area contributed by atoms with Gasteiger partial charge in [0.15, 0.2) is 5.69 Å². The molecule has 3 rings (SSSR count). The molecular formula is C23H27N3O4. The third-order valence-electron chi connectivity index (χ3n) is 4.86. The molecule has 0 fully saturated rings. The fraction of sp³-hybridized carbons (Fsp3) is 0.348. The lowest BCUT2D eigenvalue weighted by atomic mass is 10.1. The van der Waals surface area contributed by atoms with Crippen molar-refractivity contribution in [3.8, 4) is 11.5 Å². The molecule has 0 N–H and O–H groups in total. The van der Waals surface area contributed by atoms with Crippen LogP contribution >= 0.6 is 0 Å². The van der Waals surface area contributed by atoms with Crippen molar-refractivity contribution in [2.75, 3.05) is 21.3 Å². The molecule has 0 unspecified atom stereocenters. The number of carbonyl (C=O) groups is 1. The van der Waals surface area contributed by atoms with Gasteiger partial charge in [0.25, 0.3) is 11.5 Å². The molecule has 1 heterocycles. The van der Waals surface area contributed by atoms with Gasteiger partial charge >= 0.3 is 0 Å². The normalized spacial score (nSPS) is 11.0. The van der Waals surface area contributed by atoms with Crippen molar-refractivity contribution in [3.05, 3.63) is 64.1 Å². The molecule has 7 nitrogen and oxygen atoms in total. The Morgan fingerprint density at radius 3 is 2.43 bits per heavy atom. The molecule has 0 aliphatic rings. The number of hydrogen-bond acceptors (Lipinski definition) is 5. The van der Waals surface area contributed by atoms with E-state index >= 15 is 0 Å². The van der Waals surface area contributed by atoms with Crippen LogP contribution in [0.4, 0.5) is 0 Å². The summed E-state index contributed by atoms with van der Waals surface area (Å²) in [4.78, 5) is 27.7. The maximum atomic E-state index is 13.3. The zero-order valence-electron chi connectivity index (χ0n) is 18.0. The molecule has 1 amide bonds. The van der Waals surface area contributed by atoms with Crippen LogP contribution in [0.1, 0.15) is 29.9 Å². The molecule has 7 heteroatoms. The summed E-state index contributed by atoms with van der Waals surface area (Å²) in [5.41, 5.74) is 0.921. The summed E-state index contributed by atoms with van der Waals surface area (Å²) in [7, 11) is 4.88. The average Bonchev–Trinajstić information content (AvgIpc) is 2.75. The predicted molar refractivity (Wildman–Crippen MR) is 116 cm³/mol. The summed E-state index contributed by atoms with van der Waals surface area (Å²) in [6, 6.07) is 12.6. The lowest BCUT2D eigenvalue weighted by Crippen LogP contribution is -2.32. The number of aromatic nitrogens is 2. The zero-order valence-corrected chi connectivity index (χ0v) is 18.0. The van der Waals surface area contributed by atoms with Crippen molar-refractivity contribution in [1.29, 1.82) is 0 Å². The highest BCUT2D eigenvalue weighted by Crippen LogP contribution is 2.26. The quantitative estimate of drug-likeness (QED) is 0.598. The number of carbonyl (C=O) groups excluding carboxylic acids is 1. The van der Waals surface area contributed by atoms with Crippen molar-refractivity contribution in [2.45, 2.75) is 26.9 Å². The number of amides is 1. The lowest BCUT2D eigenvalue weighted by molar-refractivity contribution is 0.0777. The molecule has 0 saturated heterocycles. The molecule has 0 saturated carbocycles. The SMILES string of the molecule is COc1ccc(CN(C)C(=O)c2nn(CC(C)C)c(=O)c3ccccc23)c(OC)c1. The van der Waals surface area contributed by atoms with Crippen molar-refractivity contribution in [1.82, 2.24) is 14.7 Å². The predicted octanol–water partition coefficient (Wildman–Crippen LogP) is 3.34.